The average molecular weight is 258 g/mol. The molecule has 3 N–H and O–H groups in total. The van der Waals surface area contributed by atoms with Gasteiger partial charge >= 0.3 is 0 Å². The van der Waals surface area contributed by atoms with E-state index in [2.05, 4.69) is 21.4 Å². The molecule has 0 saturated carbocycles. The van der Waals surface area contributed by atoms with Crippen molar-refractivity contribution in [1.29, 1.82) is 0 Å². The van der Waals surface area contributed by atoms with Gasteiger partial charge in [-0.15, -0.1) is 0 Å². The van der Waals surface area contributed by atoms with Crippen molar-refractivity contribution in [2.75, 3.05) is 17.6 Å². The maximum Gasteiger partial charge on any atom is 0.226 e. The van der Waals surface area contributed by atoms with Crippen LogP contribution in [-0.2, 0) is 0 Å². The molecule has 0 unspecified atom stereocenters. The second kappa shape index (κ2) is 5.56. The predicted octanol–water partition coefficient (Wildman–Crippen LogP) is 2.90. The first-order chi connectivity index (χ1) is 9.08. The fraction of sp³-hybridized carbons (Fsp3) is 0.286. The molecule has 0 aliphatic heterocycles. The van der Waals surface area contributed by atoms with E-state index in [4.69, 9.17) is 10.5 Å². The van der Waals surface area contributed by atoms with Crippen LogP contribution < -0.4 is 15.8 Å². The molecule has 2 aromatic rings. The van der Waals surface area contributed by atoms with Crippen LogP contribution in [0, 0.1) is 13.8 Å². The third-order valence-corrected chi connectivity index (χ3v) is 2.62. The molecular weight excluding hydrogens is 240 g/mol. The number of nitrogens with two attached hydrogens (primary N) is 1. The van der Waals surface area contributed by atoms with E-state index in [9.17, 15) is 0 Å². The van der Waals surface area contributed by atoms with Crippen molar-refractivity contribution < 1.29 is 4.74 Å². The van der Waals surface area contributed by atoms with Gasteiger partial charge in [-0.25, -0.2) is 0 Å². The zero-order chi connectivity index (χ0) is 13.8. The molecule has 0 bridgehead atoms. The topological polar surface area (TPSA) is 73.1 Å². The summed E-state index contributed by atoms with van der Waals surface area (Å²) in [6.07, 6.45) is 0. The monoisotopic (exact) mass is 258 g/mol. The summed E-state index contributed by atoms with van der Waals surface area (Å²) in [6.45, 7) is 6.79. The van der Waals surface area contributed by atoms with Gasteiger partial charge in [-0.2, -0.15) is 9.97 Å². The molecule has 2 rings (SSSR count). The highest BCUT2D eigenvalue weighted by Crippen LogP contribution is 2.26. The molecule has 0 spiro atoms. The molecule has 5 nitrogen and oxygen atoms in total. The van der Waals surface area contributed by atoms with E-state index in [1.54, 1.807) is 6.07 Å². The van der Waals surface area contributed by atoms with Crippen molar-refractivity contribution in [1.82, 2.24) is 9.97 Å². The Labute approximate surface area is 112 Å². The lowest BCUT2D eigenvalue weighted by Gasteiger charge is -2.10. The Morgan fingerprint density at radius 3 is 2.68 bits per heavy atom. The highest BCUT2D eigenvalue weighted by Gasteiger charge is 2.06. The van der Waals surface area contributed by atoms with Gasteiger partial charge in [-0.3, -0.25) is 0 Å². The standard InChI is InChI=1S/C14H18N4O/c1-4-16-12-8-13(18-14(15)17-12)19-11-6-5-9(2)7-10(11)3/h5-8H,4H2,1-3H3,(H3,15,16,17,18). The summed E-state index contributed by atoms with van der Waals surface area (Å²) in [5.41, 5.74) is 7.92. The van der Waals surface area contributed by atoms with Crippen molar-refractivity contribution >= 4 is 11.8 Å². The summed E-state index contributed by atoms with van der Waals surface area (Å²) in [6, 6.07) is 7.72. The lowest BCUT2D eigenvalue weighted by molar-refractivity contribution is 0.459. The third-order valence-electron chi connectivity index (χ3n) is 2.62. The van der Waals surface area contributed by atoms with Crippen LogP contribution in [0.5, 0.6) is 11.6 Å². The molecule has 0 aliphatic rings. The van der Waals surface area contributed by atoms with Crippen LogP contribution >= 0.6 is 0 Å². The lowest BCUT2D eigenvalue weighted by atomic mass is 10.1. The number of anilines is 2. The largest absolute Gasteiger partial charge is 0.439 e. The summed E-state index contributed by atoms with van der Waals surface area (Å²) < 4.78 is 5.76. The van der Waals surface area contributed by atoms with E-state index >= 15 is 0 Å². The second-order valence-corrected chi connectivity index (χ2v) is 4.35. The minimum absolute atomic E-state index is 0.193. The van der Waals surface area contributed by atoms with Gasteiger partial charge in [-0.1, -0.05) is 17.7 Å². The van der Waals surface area contributed by atoms with E-state index in [1.807, 2.05) is 32.9 Å². The Kier molecular flexibility index (Phi) is 3.85. The molecule has 0 aliphatic carbocycles. The number of hydrogen-bond donors (Lipinski definition) is 2. The Morgan fingerprint density at radius 2 is 2.00 bits per heavy atom. The molecule has 1 heterocycles. The van der Waals surface area contributed by atoms with E-state index in [0.29, 0.717) is 11.7 Å². The molecule has 0 fully saturated rings. The van der Waals surface area contributed by atoms with Crippen LogP contribution in [0.15, 0.2) is 24.3 Å². The number of ether oxygens (including phenoxy) is 1. The number of aromatic nitrogens is 2. The van der Waals surface area contributed by atoms with E-state index in [-0.39, 0.29) is 5.95 Å². The summed E-state index contributed by atoms with van der Waals surface area (Å²) >= 11 is 0. The molecule has 19 heavy (non-hydrogen) atoms. The first-order valence-corrected chi connectivity index (χ1v) is 6.22. The molecule has 1 aromatic carbocycles. The maximum absolute atomic E-state index is 5.76. The summed E-state index contributed by atoms with van der Waals surface area (Å²) in [5.74, 6) is 2.06. The number of nitrogen functional groups attached to an aromatic ring is 1. The van der Waals surface area contributed by atoms with E-state index in [1.165, 1.54) is 5.56 Å². The predicted molar refractivity (Wildman–Crippen MR) is 76.6 cm³/mol. The average Bonchev–Trinajstić information content (AvgIpc) is 2.32. The smallest absolute Gasteiger partial charge is 0.226 e. The number of aryl methyl sites for hydroxylation is 2. The lowest BCUT2D eigenvalue weighted by Crippen LogP contribution is -2.04. The van der Waals surface area contributed by atoms with Crippen molar-refractivity contribution in [3.8, 4) is 11.6 Å². The Balaban J connectivity index is 2.27. The molecule has 5 heteroatoms. The molecular formula is C14H18N4O. The van der Waals surface area contributed by atoms with Gasteiger partial charge in [0.1, 0.15) is 11.6 Å². The van der Waals surface area contributed by atoms with Gasteiger partial charge in [0.05, 0.1) is 0 Å². The Hall–Kier alpha value is -2.30. The fourth-order valence-electron chi connectivity index (χ4n) is 1.79. The molecule has 0 saturated heterocycles. The van der Waals surface area contributed by atoms with Gasteiger partial charge in [0.25, 0.3) is 0 Å². The number of nitrogens with one attached hydrogen (secondary N) is 1. The molecule has 0 radical (unpaired) electrons. The van der Waals surface area contributed by atoms with Crippen molar-refractivity contribution in [2.24, 2.45) is 0 Å². The minimum Gasteiger partial charge on any atom is -0.439 e. The molecule has 1 aromatic heterocycles. The van der Waals surface area contributed by atoms with Gasteiger partial charge in [-0.05, 0) is 32.4 Å². The van der Waals surface area contributed by atoms with Gasteiger partial charge in [0.2, 0.25) is 11.8 Å². The van der Waals surface area contributed by atoms with Gasteiger partial charge < -0.3 is 15.8 Å². The van der Waals surface area contributed by atoms with Gasteiger partial charge in [0, 0.05) is 12.6 Å². The summed E-state index contributed by atoms with van der Waals surface area (Å²) in [4.78, 5) is 8.16. The quantitative estimate of drug-likeness (QED) is 0.882. The zero-order valence-electron chi connectivity index (χ0n) is 11.4. The summed E-state index contributed by atoms with van der Waals surface area (Å²) in [7, 11) is 0. The number of hydrogen-bond acceptors (Lipinski definition) is 5. The molecule has 0 amide bonds. The van der Waals surface area contributed by atoms with Crippen molar-refractivity contribution in [3.63, 3.8) is 0 Å². The highest BCUT2D eigenvalue weighted by atomic mass is 16.5. The second-order valence-electron chi connectivity index (χ2n) is 4.35. The SMILES string of the molecule is CCNc1cc(Oc2ccc(C)cc2C)nc(N)n1. The van der Waals surface area contributed by atoms with Crippen LogP contribution in [0.1, 0.15) is 18.1 Å². The molecule has 100 valence electrons. The first-order valence-electron chi connectivity index (χ1n) is 6.22. The van der Waals surface area contributed by atoms with Crippen LogP contribution in [0.2, 0.25) is 0 Å². The number of nitrogens with zero attached hydrogens (tertiary/aromatic N) is 2. The third kappa shape index (κ3) is 3.34. The van der Waals surface area contributed by atoms with Gasteiger partial charge in [0.15, 0.2) is 0 Å². The Bertz CT molecular complexity index is 584. The fourth-order valence-corrected chi connectivity index (χ4v) is 1.79. The number of benzene rings is 1. The highest BCUT2D eigenvalue weighted by molar-refractivity contribution is 5.45. The van der Waals surface area contributed by atoms with Crippen LogP contribution in [0.4, 0.5) is 11.8 Å². The van der Waals surface area contributed by atoms with Crippen molar-refractivity contribution in [2.45, 2.75) is 20.8 Å². The van der Waals surface area contributed by atoms with Crippen molar-refractivity contribution in [3.05, 3.63) is 35.4 Å². The summed E-state index contributed by atoms with van der Waals surface area (Å²) in [5, 5.41) is 3.09. The molecule has 0 atom stereocenters. The van der Waals surface area contributed by atoms with Crippen LogP contribution in [0.3, 0.4) is 0 Å². The first kappa shape index (κ1) is 13.1. The Morgan fingerprint density at radius 1 is 1.21 bits per heavy atom. The van der Waals surface area contributed by atoms with E-state index in [0.717, 1.165) is 17.9 Å². The zero-order valence-corrected chi connectivity index (χ0v) is 11.4. The normalized spacial score (nSPS) is 10.3. The van der Waals surface area contributed by atoms with Crippen LogP contribution in [-0.4, -0.2) is 16.5 Å². The van der Waals surface area contributed by atoms with Crippen LogP contribution in [0.25, 0.3) is 0 Å². The minimum atomic E-state index is 0.193. The number of rotatable bonds is 4. The maximum atomic E-state index is 5.76. The van der Waals surface area contributed by atoms with E-state index < -0.39 is 0 Å².